The Kier molecular flexibility index (Phi) is 7.35. The summed E-state index contributed by atoms with van der Waals surface area (Å²) in [5, 5.41) is 7.98. The van der Waals surface area contributed by atoms with Crippen molar-refractivity contribution in [1.29, 1.82) is 0 Å². The van der Waals surface area contributed by atoms with Gasteiger partial charge in [-0.15, -0.1) is 0 Å². The molecule has 8 nitrogen and oxygen atoms in total. The van der Waals surface area contributed by atoms with Crippen LogP contribution in [0.3, 0.4) is 0 Å². The molecule has 0 radical (unpaired) electrons. The van der Waals surface area contributed by atoms with Crippen molar-refractivity contribution in [3.63, 3.8) is 0 Å². The maximum atomic E-state index is 15.0. The molecule has 4 aromatic rings. The van der Waals surface area contributed by atoms with Crippen molar-refractivity contribution in [3.05, 3.63) is 89.7 Å². The second-order valence-electron chi connectivity index (χ2n) is 10.9. The van der Waals surface area contributed by atoms with E-state index in [1.807, 2.05) is 30.3 Å². The largest absolute Gasteiger partial charge is 0.419 e. The Morgan fingerprint density at radius 1 is 1.09 bits per heavy atom. The lowest BCUT2D eigenvalue weighted by Gasteiger charge is -2.58. The molecule has 1 aliphatic heterocycles. The van der Waals surface area contributed by atoms with Gasteiger partial charge < -0.3 is 15.0 Å². The maximum absolute atomic E-state index is 15.0. The summed E-state index contributed by atoms with van der Waals surface area (Å²) in [6, 6.07) is 18.0. The number of fused-ring (bicyclic) bond motifs is 1. The summed E-state index contributed by atoms with van der Waals surface area (Å²) in [4.78, 5) is 31.3. The number of ether oxygens (including phenoxy) is 1. The smallest absolute Gasteiger partial charge is 0.373 e. The highest BCUT2D eigenvalue weighted by Gasteiger charge is 2.69. The summed E-state index contributed by atoms with van der Waals surface area (Å²) in [6.45, 7) is 0.468. The van der Waals surface area contributed by atoms with Crippen molar-refractivity contribution in [3.8, 4) is 0 Å². The van der Waals surface area contributed by atoms with Gasteiger partial charge in [0.25, 0.3) is 5.91 Å². The number of aromatic nitrogens is 1. The molecule has 2 fully saturated rings. The lowest BCUT2D eigenvalue weighted by molar-refractivity contribution is -0.231. The van der Waals surface area contributed by atoms with Gasteiger partial charge in [-0.05, 0) is 60.4 Å². The van der Waals surface area contributed by atoms with E-state index in [9.17, 15) is 14.0 Å². The first kappa shape index (κ1) is 29.0. The van der Waals surface area contributed by atoms with Crippen LogP contribution in [0.2, 0.25) is 0 Å². The highest BCUT2D eigenvalue weighted by atomic mass is 32.1. The molecule has 224 valence electrons. The minimum absolute atomic E-state index is 0.120. The van der Waals surface area contributed by atoms with Gasteiger partial charge in [-0.25, -0.2) is 14.2 Å². The number of likely N-dealkylation sites (N-methyl/N-ethyl adjacent to an activating group) is 1. The fraction of sp³-hybridized carbons (Fsp3) is 0.300. The zero-order chi connectivity index (χ0) is 30.4. The Morgan fingerprint density at radius 3 is 2.51 bits per heavy atom. The van der Waals surface area contributed by atoms with Gasteiger partial charge in [0.05, 0.1) is 22.9 Å². The number of anilines is 2. The fourth-order valence-electron chi connectivity index (χ4n) is 5.81. The average molecular weight is 614 g/mol. The summed E-state index contributed by atoms with van der Waals surface area (Å²) in [6.07, 6.45) is -4.58. The zero-order valence-corrected chi connectivity index (χ0v) is 23.7. The number of nitrogens with zero attached hydrogens (tertiary/aromatic N) is 2. The molecule has 1 atom stereocenters. The number of alkyl halides is 3. The summed E-state index contributed by atoms with van der Waals surface area (Å²) >= 11 is 0.970. The molecule has 3 aromatic carbocycles. The van der Waals surface area contributed by atoms with Crippen LogP contribution in [0.4, 0.5) is 33.2 Å². The number of rotatable bonds is 6. The molecular formula is C30H27F4N5O3S. The van der Waals surface area contributed by atoms with Gasteiger partial charge in [0.2, 0.25) is 5.54 Å². The van der Waals surface area contributed by atoms with E-state index in [1.54, 1.807) is 0 Å². The predicted molar refractivity (Wildman–Crippen MR) is 154 cm³/mol. The molecule has 1 saturated heterocycles. The summed E-state index contributed by atoms with van der Waals surface area (Å²) in [5.41, 5.74) is -2.55. The van der Waals surface area contributed by atoms with Crippen LogP contribution in [-0.2, 0) is 21.7 Å². The molecule has 1 aliphatic carbocycles. The number of benzene rings is 3. The van der Waals surface area contributed by atoms with Crippen LogP contribution in [0.1, 0.15) is 24.0 Å². The van der Waals surface area contributed by atoms with E-state index >= 15 is 13.2 Å². The van der Waals surface area contributed by atoms with Crippen molar-refractivity contribution in [2.75, 3.05) is 24.2 Å². The number of halogens is 4. The lowest BCUT2D eigenvalue weighted by Crippen LogP contribution is -2.79. The molecule has 13 heteroatoms. The Bertz CT molecular complexity index is 1660. The molecule has 6 rings (SSSR count). The number of hydrogen-bond acceptors (Lipinski definition) is 6. The summed E-state index contributed by atoms with van der Waals surface area (Å²) < 4.78 is 64.6. The van der Waals surface area contributed by atoms with Crippen LogP contribution in [-0.4, -0.2) is 53.2 Å². The summed E-state index contributed by atoms with van der Waals surface area (Å²) in [5.74, 6) is -1.55. The minimum atomic E-state index is -4.96. The number of nitrogens with one attached hydrogen (secondary N) is 3. The number of piperazine rings is 1. The van der Waals surface area contributed by atoms with Gasteiger partial charge in [-0.2, -0.15) is 13.2 Å². The second-order valence-corrected chi connectivity index (χ2v) is 12.0. The monoisotopic (exact) mass is 613 g/mol. The third-order valence-corrected chi connectivity index (χ3v) is 8.73. The molecule has 3 amide bonds. The molecule has 43 heavy (non-hydrogen) atoms. The highest BCUT2D eigenvalue weighted by Crippen LogP contribution is 2.49. The van der Waals surface area contributed by atoms with Crippen LogP contribution in [0.15, 0.2) is 72.8 Å². The van der Waals surface area contributed by atoms with E-state index in [-0.39, 0.29) is 23.3 Å². The minimum Gasteiger partial charge on any atom is -0.373 e. The number of amides is 3. The Balaban J connectivity index is 1.23. The Morgan fingerprint density at radius 2 is 1.81 bits per heavy atom. The fourth-order valence-corrected chi connectivity index (χ4v) is 6.71. The maximum Gasteiger partial charge on any atom is 0.419 e. The van der Waals surface area contributed by atoms with Crippen molar-refractivity contribution >= 4 is 44.3 Å². The molecule has 2 aliphatic rings. The third-order valence-electron chi connectivity index (χ3n) is 7.79. The Hall–Kier alpha value is -4.07. The predicted octanol–water partition coefficient (Wildman–Crippen LogP) is 6.02. The second kappa shape index (κ2) is 10.9. The first-order valence-corrected chi connectivity index (χ1v) is 14.3. The number of hydrogen-bond donors (Lipinski definition) is 3. The summed E-state index contributed by atoms with van der Waals surface area (Å²) in [7, 11) is 1.39. The number of carbonyl (C=O) groups is 2. The topological polar surface area (TPSA) is 95.6 Å². The van der Waals surface area contributed by atoms with E-state index < -0.39 is 35.0 Å². The molecule has 0 bridgehead atoms. The van der Waals surface area contributed by atoms with Crippen molar-refractivity contribution in [2.24, 2.45) is 0 Å². The van der Waals surface area contributed by atoms with Crippen LogP contribution in [0.25, 0.3) is 10.2 Å². The highest BCUT2D eigenvalue weighted by molar-refractivity contribution is 7.22. The SMILES string of the molecule is CN1CC2(CC(OCc3ccccc3)C2)NC(c2ccc3nc(NC(=O)Nc4ccc(F)cc4)sc3c2)(C(F)(F)F)C1=O. The van der Waals surface area contributed by atoms with Gasteiger partial charge in [0, 0.05) is 24.8 Å². The molecule has 1 saturated carbocycles. The van der Waals surface area contributed by atoms with Crippen LogP contribution in [0, 0.1) is 5.82 Å². The lowest BCUT2D eigenvalue weighted by atomic mass is 9.68. The number of carbonyl (C=O) groups excluding carboxylic acids is 2. The quantitative estimate of drug-likeness (QED) is 0.232. The van der Waals surface area contributed by atoms with Crippen LogP contribution in [0.5, 0.6) is 0 Å². The molecule has 1 unspecified atom stereocenters. The van der Waals surface area contributed by atoms with E-state index in [2.05, 4.69) is 20.9 Å². The molecular weight excluding hydrogens is 586 g/mol. The van der Waals surface area contributed by atoms with Gasteiger partial charge in [0.1, 0.15) is 5.82 Å². The van der Waals surface area contributed by atoms with Crippen molar-refractivity contribution in [1.82, 2.24) is 15.2 Å². The molecule has 1 spiro atoms. The number of urea groups is 1. The van der Waals surface area contributed by atoms with E-state index in [0.717, 1.165) is 21.8 Å². The van der Waals surface area contributed by atoms with Gasteiger partial charge >= 0.3 is 12.2 Å². The van der Waals surface area contributed by atoms with Gasteiger partial charge in [0.15, 0.2) is 5.13 Å². The van der Waals surface area contributed by atoms with E-state index in [1.165, 1.54) is 49.5 Å². The van der Waals surface area contributed by atoms with Gasteiger partial charge in [-0.1, -0.05) is 47.7 Å². The molecule has 2 heterocycles. The van der Waals surface area contributed by atoms with Crippen molar-refractivity contribution < 1.29 is 31.9 Å². The van der Waals surface area contributed by atoms with E-state index in [0.29, 0.717) is 35.4 Å². The first-order chi connectivity index (χ1) is 20.5. The molecule has 1 aromatic heterocycles. The standard InChI is InChI=1S/C30H27F4N5O3S/c1-39-17-28(14-22(15-28)42-16-18-5-3-2-4-6-18)38-29(25(39)40,30(32,33)34)19-7-12-23-24(13-19)43-27(36-23)37-26(41)35-21-10-8-20(31)9-11-21/h2-13,22,38H,14-17H2,1H3,(H2,35,36,37,41). The van der Waals surface area contributed by atoms with Crippen LogP contribution < -0.4 is 16.0 Å². The van der Waals surface area contributed by atoms with Crippen molar-refractivity contribution in [2.45, 2.75) is 42.8 Å². The molecule has 3 N–H and O–H groups in total. The normalized spacial score (nSPS) is 23.8. The zero-order valence-electron chi connectivity index (χ0n) is 22.9. The van der Waals surface area contributed by atoms with Crippen LogP contribution >= 0.6 is 11.3 Å². The average Bonchev–Trinajstić information content (AvgIpc) is 3.35. The van der Waals surface area contributed by atoms with Gasteiger partial charge in [-0.3, -0.25) is 15.4 Å². The Labute approximate surface area is 248 Å². The first-order valence-electron chi connectivity index (χ1n) is 13.5. The van der Waals surface area contributed by atoms with E-state index in [4.69, 9.17) is 4.74 Å². The third kappa shape index (κ3) is 5.55. The number of thiazole rings is 1.